The van der Waals surface area contributed by atoms with Crippen LogP contribution in [0, 0.1) is 0 Å². The van der Waals surface area contributed by atoms with Gasteiger partial charge in [-0.1, -0.05) is 29.3 Å². The van der Waals surface area contributed by atoms with Gasteiger partial charge in [-0.2, -0.15) is 0 Å². The third-order valence-electron chi connectivity index (χ3n) is 4.90. The van der Waals surface area contributed by atoms with Gasteiger partial charge in [-0.15, -0.1) is 0 Å². The van der Waals surface area contributed by atoms with E-state index in [9.17, 15) is 9.59 Å². The zero-order valence-corrected chi connectivity index (χ0v) is 16.8. The fourth-order valence-electron chi connectivity index (χ4n) is 3.35. The van der Waals surface area contributed by atoms with E-state index in [1.54, 1.807) is 19.2 Å². The van der Waals surface area contributed by atoms with Crippen molar-refractivity contribution in [1.29, 1.82) is 0 Å². The van der Waals surface area contributed by atoms with Crippen molar-refractivity contribution in [1.82, 2.24) is 24.0 Å². The number of halogens is 2. The average molecular weight is 424 g/mol. The highest BCUT2D eigenvalue weighted by Crippen LogP contribution is 2.24. The Morgan fingerprint density at radius 1 is 1.18 bits per heavy atom. The van der Waals surface area contributed by atoms with Crippen LogP contribution in [0.4, 0.5) is 0 Å². The number of aryl methyl sites for hydroxylation is 1. The van der Waals surface area contributed by atoms with E-state index in [1.165, 1.54) is 4.57 Å². The maximum Gasteiger partial charge on any atom is 0.329 e. The maximum absolute atomic E-state index is 12.6. The van der Waals surface area contributed by atoms with Gasteiger partial charge >= 0.3 is 5.69 Å². The lowest BCUT2D eigenvalue weighted by molar-refractivity contribution is 0.0327. The van der Waals surface area contributed by atoms with Crippen molar-refractivity contribution in [3.05, 3.63) is 60.5 Å². The molecule has 0 radical (unpaired) electrons. The van der Waals surface area contributed by atoms with Crippen LogP contribution in [-0.2, 0) is 24.9 Å². The lowest BCUT2D eigenvalue weighted by Crippen LogP contribution is -2.36. The van der Waals surface area contributed by atoms with Crippen LogP contribution < -0.4 is 11.2 Å². The Morgan fingerprint density at radius 3 is 2.64 bits per heavy atom. The number of aromatic amines is 1. The molecule has 1 aliphatic heterocycles. The number of benzene rings is 1. The molecule has 28 heavy (non-hydrogen) atoms. The number of H-pyrrole nitrogens is 1. The van der Waals surface area contributed by atoms with Crippen molar-refractivity contribution in [2.75, 3.05) is 26.3 Å². The van der Waals surface area contributed by atoms with Crippen molar-refractivity contribution in [3.8, 4) is 0 Å². The fraction of sp³-hybridized carbons (Fsp3) is 0.389. The molecule has 1 aliphatic rings. The van der Waals surface area contributed by atoms with Gasteiger partial charge in [0, 0.05) is 30.2 Å². The third-order valence-corrected chi connectivity index (χ3v) is 5.49. The van der Waals surface area contributed by atoms with Gasteiger partial charge in [0.05, 0.1) is 26.3 Å². The van der Waals surface area contributed by atoms with Gasteiger partial charge in [0.15, 0.2) is 11.2 Å². The van der Waals surface area contributed by atoms with Gasteiger partial charge in [-0.05, 0) is 17.7 Å². The first-order chi connectivity index (χ1) is 13.4. The summed E-state index contributed by atoms with van der Waals surface area (Å²) in [6.45, 7) is 3.75. The Kier molecular flexibility index (Phi) is 5.29. The molecule has 1 fully saturated rings. The van der Waals surface area contributed by atoms with Gasteiger partial charge in [0.2, 0.25) is 0 Å². The molecule has 3 aromatic rings. The first-order valence-electron chi connectivity index (χ1n) is 8.86. The molecule has 0 atom stereocenters. The molecule has 10 heteroatoms. The van der Waals surface area contributed by atoms with Crippen LogP contribution in [-0.4, -0.2) is 50.3 Å². The van der Waals surface area contributed by atoms with E-state index in [1.807, 2.05) is 10.6 Å². The van der Waals surface area contributed by atoms with E-state index in [-0.39, 0.29) is 0 Å². The minimum atomic E-state index is -0.496. The van der Waals surface area contributed by atoms with Crippen LogP contribution in [0.25, 0.3) is 11.2 Å². The second-order valence-electron chi connectivity index (χ2n) is 6.73. The number of nitrogens with zero attached hydrogens (tertiary/aromatic N) is 4. The number of ether oxygens (including phenoxy) is 1. The van der Waals surface area contributed by atoms with Crippen molar-refractivity contribution >= 4 is 34.4 Å². The summed E-state index contributed by atoms with van der Waals surface area (Å²) < 4.78 is 8.57. The first-order valence-corrected chi connectivity index (χ1v) is 9.62. The zero-order valence-electron chi connectivity index (χ0n) is 15.2. The summed E-state index contributed by atoms with van der Waals surface area (Å²) in [6.07, 6.45) is 0. The molecular formula is C18H19Cl2N5O3. The Bertz CT molecular complexity index is 1140. The minimum absolute atomic E-state index is 0.341. The van der Waals surface area contributed by atoms with Gasteiger partial charge < -0.3 is 9.30 Å². The van der Waals surface area contributed by atoms with Crippen LogP contribution in [0.15, 0.2) is 27.8 Å². The molecular weight excluding hydrogens is 405 g/mol. The Morgan fingerprint density at radius 2 is 1.93 bits per heavy atom. The predicted molar refractivity (Wildman–Crippen MR) is 107 cm³/mol. The molecule has 8 nitrogen and oxygen atoms in total. The van der Waals surface area contributed by atoms with Gasteiger partial charge in [-0.25, -0.2) is 9.78 Å². The molecule has 4 rings (SSSR count). The number of morpholine rings is 1. The lowest BCUT2D eigenvalue weighted by atomic mass is 10.2. The molecule has 1 N–H and O–H groups in total. The molecule has 2 aromatic heterocycles. The quantitative estimate of drug-likeness (QED) is 0.688. The third kappa shape index (κ3) is 3.60. The lowest BCUT2D eigenvalue weighted by Gasteiger charge is -2.26. The van der Waals surface area contributed by atoms with Crippen molar-refractivity contribution in [2.45, 2.75) is 13.1 Å². The Balaban J connectivity index is 1.85. The second-order valence-corrected chi connectivity index (χ2v) is 7.57. The van der Waals surface area contributed by atoms with Crippen LogP contribution in [0.3, 0.4) is 0 Å². The monoisotopic (exact) mass is 423 g/mol. The number of nitrogens with one attached hydrogen (secondary N) is 1. The highest BCUT2D eigenvalue weighted by Gasteiger charge is 2.21. The van der Waals surface area contributed by atoms with Crippen molar-refractivity contribution in [3.63, 3.8) is 0 Å². The Hall–Kier alpha value is -2.13. The molecule has 0 unspecified atom stereocenters. The molecule has 148 valence electrons. The van der Waals surface area contributed by atoms with Gasteiger partial charge in [0.25, 0.3) is 5.56 Å². The smallest absolute Gasteiger partial charge is 0.329 e. The van der Waals surface area contributed by atoms with Gasteiger partial charge in [-0.3, -0.25) is 19.2 Å². The number of fused-ring (bicyclic) bond motifs is 1. The molecule has 0 spiro atoms. The summed E-state index contributed by atoms with van der Waals surface area (Å²) >= 11 is 12.4. The van der Waals surface area contributed by atoms with E-state index in [0.29, 0.717) is 53.3 Å². The predicted octanol–water partition coefficient (Wildman–Crippen LogP) is 1.61. The van der Waals surface area contributed by atoms with E-state index in [0.717, 1.165) is 18.7 Å². The number of hydrogen-bond acceptors (Lipinski definition) is 5. The SMILES string of the molecule is Cn1c(=O)[nH]c(=O)c2c1nc(CN1CCOCC1)n2Cc1ccc(Cl)cc1Cl. The normalized spacial score (nSPS) is 15.4. The number of rotatable bonds is 4. The minimum Gasteiger partial charge on any atom is -0.379 e. The highest BCUT2D eigenvalue weighted by atomic mass is 35.5. The number of imidazole rings is 1. The number of aromatic nitrogens is 4. The maximum atomic E-state index is 12.6. The van der Waals surface area contributed by atoms with E-state index in [4.69, 9.17) is 27.9 Å². The molecule has 0 aliphatic carbocycles. The fourth-order valence-corrected chi connectivity index (χ4v) is 3.82. The summed E-state index contributed by atoms with van der Waals surface area (Å²) in [4.78, 5) is 33.8. The molecule has 0 amide bonds. The van der Waals surface area contributed by atoms with Crippen LogP contribution in [0.1, 0.15) is 11.4 Å². The topological polar surface area (TPSA) is 85.2 Å². The average Bonchev–Trinajstić information content (AvgIpc) is 3.01. The second kappa shape index (κ2) is 7.71. The first kappa shape index (κ1) is 19.2. The molecule has 1 aromatic carbocycles. The van der Waals surface area contributed by atoms with Crippen molar-refractivity contribution < 1.29 is 4.74 Å². The molecule has 1 saturated heterocycles. The molecule has 3 heterocycles. The molecule has 0 saturated carbocycles. The van der Waals surface area contributed by atoms with Crippen LogP contribution >= 0.6 is 23.2 Å². The largest absolute Gasteiger partial charge is 0.379 e. The zero-order chi connectivity index (χ0) is 19.8. The van der Waals surface area contributed by atoms with E-state index >= 15 is 0 Å². The number of hydrogen-bond donors (Lipinski definition) is 1. The van der Waals surface area contributed by atoms with Crippen molar-refractivity contribution in [2.24, 2.45) is 7.05 Å². The highest BCUT2D eigenvalue weighted by molar-refractivity contribution is 6.35. The van der Waals surface area contributed by atoms with Crippen LogP contribution in [0.5, 0.6) is 0 Å². The summed E-state index contributed by atoms with van der Waals surface area (Å²) in [6, 6.07) is 5.24. The summed E-state index contributed by atoms with van der Waals surface area (Å²) in [5, 5.41) is 1.05. The van der Waals surface area contributed by atoms with Gasteiger partial charge in [0.1, 0.15) is 5.82 Å². The Labute approximate surface area is 170 Å². The van der Waals surface area contributed by atoms with E-state index in [2.05, 4.69) is 14.9 Å². The molecule has 0 bridgehead atoms. The summed E-state index contributed by atoms with van der Waals surface area (Å²) in [5.74, 6) is 0.689. The summed E-state index contributed by atoms with van der Waals surface area (Å²) in [7, 11) is 1.59. The van der Waals surface area contributed by atoms with E-state index < -0.39 is 11.2 Å². The standard InChI is InChI=1S/C18H19Cl2N5O3/c1-23-16-15(17(26)22-18(23)27)25(9-11-2-3-12(19)8-13(11)20)14(21-16)10-24-4-6-28-7-5-24/h2-3,8H,4-7,9-10H2,1H3,(H,22,26,27). The van der Waals surface area contributed by atoms with Crippen LogP contribution in [0.2, 0.25) is 10.0 Å². The summed E-state index contributed by atoms with van der Waals surface area (Å²) in [5.41, 5.74) is 0.536.